The summed E-state index contributed by atoms with van der Waals surface area (Å²) in [7, 11) is 0. The van der Waals surface area contributed by atoms with Crippen molar-refractivity contribution in [1.29, 1.82) is 0 Å². The second kappa shape index (κ2) is 7.02. The lowest BCUT2D eigenvalue weighted by Gasteiger charge is -2.21. The van der Waals surface area contributed by atoms with E-state index < -0.39 is 5.60 Å². The fourth-order valence-electron chi connectivity index (χ4n) is 1.17. The highest BCUT2D eigenvalue weighted by atomic mass is 35.5. The fraction of sp³-hybridized carbons (Fsp3) is 0.462. The Labute approximate surface area is 117 Å². The van der Waals surface area contributed by atoms with Crippen LogP contribution in [0.2, 0.25) is 5.02 Å². The highest BCUT2D eigenvalue weighted by Gasteiger charge is 2.18. The maximum absolute atomic E-state index is 11.6. The Kier molecular flexibility index (Phi) is 5.99. The van der Waals surface area contributed by atoms with E-state index in [1.165, 1.54) is 11.8 Å². The average Bonchev–Trinajstić information content (AvgIpc) is 2.35. The van der Waals surface area contributed by atoms with Crippen LogP contribution in [0, 0.1) is 0 Å². The molecular formula is C13H18ClNO2S. The van der Waals surface area contributed by atoms with Crippen molar-refractivity contribution in [2.75, 3.05) is 12.3 Å². The second-order valence-corrected chi connectivity index (χ2v) is 5.77. The molecule has 0 spiro atoms. The monoisotopic (exact) mass is 287 g/mol. The largest absolute Gasteiger partial charge is 0.388 e. The van der Waals surface area contributed by atoms with Gasteiger partial charge in [0.15, 0.2) is 0 Å². The minimum atomic E-state index is -0.843. The molecule has 1 unspecified atom stereocenters. The Morgan fingerprint density at radius 3 is 2.78 bits per heavy atom. The summed E-state index contributed by atoms with van der Waals surface area (Å²) >= 11 is 7.37. The van der Waals surface area contributed by atoms with Crippen LogP contribution in [-0.2, 0) is 4.79 Å². The zero-order valence-electron chi connectivity index (χ0n) is 10.6. The van der Waals surface area contributed by atoms with Crippen LogP contribution in [0.5, 0.6) is 0 Å². The minimum absolute atomic E-state index is 0.103. The van der Waals surface area contributed by atoms with Crippen LogP contribution in [0.4, 0.5) is 0 Å². The molecule has 1 aromatic rings. The molecule has 1 atom stereocenters. The maximum Gasteiger partial charge on any atom is 0.230 e. The summed E-state index contributed by atoms with van der Waals surface area (Å²) in [6.45, 7) is 3.85. The second-order valence-electron chi connectivity index (χ2n) is 4.35. The summed E-state index contributed by atoms with van der Waals surface area (Å²) in [5.41, 5.74) is -0.843. The van der Waals surface area contributed by atoms with Gasteiger partial charge in [-0.2, -0.15) is 0 Å². The molecule has 0 aromatic heterocycles. The number of hydrogen-bond acceptors (Lipinski definition) is 3. The highest BCUT2D eigenvalue weighted by Crippen LogP contribution is 2.26. The molecule has 100 valence electrons. The Morgan fingerprint density at radius 2 is 2.17 bits per heavy atom. The molecule has 0 aliphatic heterocycles. The van der Waals surface area contributed by atoms with Crippen LogP contribution < -0.4 is 5.32 Å². The van der Waals surface area contributed by atoms with Gasteiger partial charge in [0.2, 0.25) is 5.91 Å². The zero-order valence-corrected chi connectivity index (χ0v) is 12.1. The number of aliphatic hydroxyl groups is 1. The Hall–Kier alpha value is -0.710. The molecule has 0 aliphatic carbocycles. The lowest BCUT2D eigenvalue weighted by Crippen LogP contribution is -2.40. The number of rotatable bonds is 6. The van der Waals surface area contributed by atoms with Crippen LogP contribution >= 0.6 is 23.4 Å². The van der Waals surface area contributed by atoms with E-state index in [0.717, 1.165) is 4.90 Å². The van der Waals surface area contributed by atoms with Crippen LogP contribution in [0.3, 0.4) is 0 Å². The lowest BCUT2D eigenvalue weighted by atomic mass is 10.0. The van der Waals surface area contributed by atoms with Gasteiger partial charge in [0, 0.05) is 11.4 Å². The van der Waals surface area contributed by atoms with Crippen molar-refractivity contribution >= 4 is 29.3 Å². The van der Waals surface area contributed by atoms with Crippen LogP contribution in [0.15, 0.2) is 29.2 Å². The van der Waals surface area contributed by atoms with Gasteiger partial charge in [-0.05, 0) is 25.5 Å². The molecule has 1 rings (SSSR count). The molecule has 2 N–H and O–H groups in total. The summed E-state index contributed by atoms with van der Waals surface area (Å²) in [6, 6.07) is 7.41. The van der Waals surface area contributed by atoms with E-state index in [2.05, 4.69) is 5.32 Å². The smallest absolute Gasteiger partial charge is 0.230 e. The van der Waals surface area contributed by atoms with E-state index in [1.54, 1.807) is 13.0 Å². The third-order valence-electron chi connectivity index (χ3n) is 2.62. The first-order chi connectivity index (χ1) is 8.44. The van der Waals surface area contributed by atoms with E-state index >= 15 is 0 Å². The number of thioether (sulfide) groups is 1. The maximum atomic E-state index is 11.6. The van der Waals surface area contributed by atoms with Gasteiger partial charge in [-0.15, -0.1) is 11.8 Å². The van der Waals surface area contributed by atoms with Crippen molar-refractivity contribution in [3.05, 3.63) is 29.3 Å². The molecule has 0 radical (unpaired) electrons. The predicted octanol–water partition coefficient (Wildman–Crippen LogP) is 2.71. The molecule has 3 nitrogen and oxygen atoms in total. The predicted molar refractivity (Wildman–Crippen MR) is 76.1 cm³/mol. The summed E-state index contributed by atoms with van der Waals surface area (Å²) in [6.07, 6.45) is 0.602. The Morgan fingerprint density at radius 1 is 1.50 bits per heavy atom. The van der Waals surface area contributed by atoms with Crippen LogP contribution in [-0.4, -0.2) is 28.9 Å². The van der Waals surface area contributed by atoms with E-state index in [-0.39, 0.29) is 12.5 Å². The lowest BCUT2D eigenvalue weighted by molar-refractivity contribution is -0.119. The third kappa shape index (κ3) is 5.29. The van der Waals surface area contributed by atoms with Crippen molar-refractivity contribution in [2.45, 2.75) is 30.8 Å². The van der Waals surface area contributed by atoms with Crippen molar-refractivity contribution in [1.82, 2.24) is 5.32 Å². The van der Waals surface area contributed by atoms with Gasteiger partial charge in [0.05, 0.1) is 16.4 Å². The number of nitrogens with one attached hydrogen (secondary N) is 1. The topological polar surface area (TPSA) is 49.3 Å². The molecule has 18 heavy (non-hydrogen) atoms. The number of carbonyl (C=O) groups is 1. The number of benzene rings is 1. The van der Waals surface area contributed by atoms with E-state index in [1.807, 2.05) is 25.1 Å². The first kappa shape index (κ1) is 15.3. The standard InChI is InChI=1S/C13H18ClNO2S/c1-3-13(2,17)9-15-12(16)8-18-11-7-5-4-6-10(11)14/h4-7,17H,3,8-9H2,1-2H3,(H,15,16). The molecule has 0 saturated heterocycles. The molecule has 0 saturated carbocycles. The van der Waals surface area contributed by atoms with Gasteiger partial charge in [0.25, 0.3) is 0 Å². The molecule has 0 heterocycles. The third-order valence-corrected chi connectivity index (χ3v) is 4.14. The first-order valence-corrected chi connectivity index (χ1v) is 7.17. The summed E-state index contributed by atoms with van der Waals surface area (Å²) in [5, 5.41) is 13.1. The summed E-state index contributed by atoms with van der Waals surface area (Å²) < 4.78 is 0. The summed E-state index contributed by atoms with van der Waals surface area (Å²) in [5.74, 6) is 0.192. The number of carbonyl (C=O) groups excluding carboxylic acids is 1. The number of hydrogen-bond donors (Lipinski definition) is 2. The SMILES string of the molecule is CCC(C)(O)CNC(=O)CSc1ccccc1Cl. The number of halogens is 1. The van der Waals surface area contributed by atoms with Gasteiger partial charge < -0.3 is 10.4 Å². The van der Waals surface area contributed by atoms with Crippen LogP contribution in [0.1, 0.15) is 20.3 Å². The molecule has 5 heteroatoms. The van der Waals surface area contributed by atoms with E-state index in [4.69, 9.17) is 11.6 Å². The molecule has 0 bridgehead atoms. The average molecular weight is 288 g/mol. The van der Waals surface area contributed by atoms with Crippen molar-refractivity contribution in [3.8, 4) is 0 Å². The van der Waals surface area contributed by atoms with Gasteiger partial charge in [-0.1, -0.05) is 30.7 Å². The number of amides is 1. The highest BCUT2D eigenvalue weighted by molar-refractivity contribution is 8.00. The van der Waals surface area contributed by atoms with Gasteiger partial charge in [0.1, 0.15) is 0 Å². The molecule has 1 aromatic carbocycles. The van der Waals surface area contributed by atoms with E-state index in [9.17, 15) is 9.90 Å². The molecule has 1 amide bonds. The normalized spacial score (nSPS) is 14.0. The molecule has 0 aliphatic rings. The van der Waals surface area contributed by atoms with Crippen molar-refractivity contribution in [3.63, 3.8) is 0 Å². The Balaban J connectivity index is 2.36. The van der Waals surface area contributed by atoms with Gasteiger partial charge in [-0.3, -0.25) is 4.79 Å². The minimum Gasteiger partial charge on any atom is -0.388 e. The van der Waals surface area contributed by atoms with Crippen molar-refractivity contribution in [2.24, 2.45) is 0 Å². The first-order valence-electron chi connectivity index (χ1n) is 5.81. The van der Waals surface area contributed by atoms with Gasteiger partial charge >= 0.3 is 0 Å². The zero-order chi connectivity index (χ0) is 13.6. The van der Waals surface area contributed by atoms with Gasteiger partial charge in [-0.25, -0.2) is 0 Å². The van der Waals surface area contributed by atoms with Crippen molar-refractivity contribution < 1.29 is 9.90 Å². The van der Waals surface area contributed by atoms with E-state index in [0.29, 0.717) is 17.2 Å². The molecule has 0 fully saturated rings. The van der Waals surface area contributed by atoms with Crippen LogP contribution in [0.25, 0.3) is 0 Å². The molecular weight excluding hydrogens is 270 g/mol. The quantitative estimate of drug-likeness (QED) is 0.791. The summed E-state index contributed by atoms with van der Waals surface area (Å²) in [4.78, 5) is 12.5. The fourth-order valence-corrected chi connectivity index (χ4v) is 2.24. The Bertz CT molecular complexity index is 410.